The van der Waals surface area contributed by atoms with Crippen LogP contribution in [-0.2, 0) is 9.53 Å². The van der Waals surface area contributed by atoms with E-state index < -0.39 is 11.6 Å². The molecular formula is C14H24O3. The average molecular weight is 240 g/mol. The van der Waals surface area contributed by atoms with Crippen molar-refractivity contribution in [1.29, 1.82) is 0 Å². The van der Waals surface area contributed by atoms with Crippen LogP contribution in [0.2, 0.25) is 0 Å². The van der Waals surface area contributed by atoms with Gasteiger partial charge in [0.15, 0.2) is 5.60 Å². The molecule has 1 atom stereocenters. The lowest BCUT2D eigenvalue weighted by atomic mass is 9.91. The van der Waals surface area contributed by atoms with Gasteiger partial charge in [-0.1, -0.05) is 38.5 Å². The number of hydrogen-bond donors (Lipinski definition) is 1. The molecule has 0 aromatic carbocycles. The van der Waals surface area contributed by atoms with Crippen molar-refractivity contribution in [3.8, 4) is 0 Å². The van der Waals surface area contributed by atoms with Crippen molar-refractivity contribution in [2.24, 2.45) is 0 Å². The van der Waals surface area contributed by atoms with Gasteiger partial charge in [0.1, 0.15) is 0 Å². The van der Waals surface area contributed by atoms with Crippen molar-refractivity contribution in [3.05, 3.63) is 24.3 Å². The minimum atomic E-state index is -1.54. The van der Waals surface area contributed by atoms with Gasteiger partial charge in [-0.05, 0) is 32.3 Å². The van der Waals surface area contributed by atoms with Gasteiger partial charge >= 0.3 is 5.97 Å². The monoisotopic (exact) mass is 240 g/mol. The molecule has 17 heavy (non-hydrogen) atoms. The van der Waals surface area contributed by atoms with Gasteiger partial charge in [-0.3, -0.25) is 0 Å². The van der Waals surface area contributed by atoms with E-state index in [4.69, 9.17) is 4.74 Å². The first-order valence-electron chi connectivity index (χ1n) is 6.22. The molecule has 0 unspecified atom stereocenters. The molecule has 0 fully saturated rings. The Labute approximate surface area is 104 Å². The van der Waals surface area contributed by atoms with Crippen LogP contribution in [0.4, 0.5) is 0 Å². The van der Waals surface area contributed by atoms with Gasteiger partial charge in [0.05, 0.1) is 6.61 Å². The highest BCUT2D eigenvalue weighted by Gasteiger charge is 2.35. The number of hydrogen-bond acceptors (Lipinski definition) is 3. The second-order valence-electron chi connectivity index (χ2n) is 4.18. The van der Waals surface area contributed by atoms with Crippen molar-refractivity contribution >= 4 is 5.97 Å². The molecule has 0 rings (SSSR count). The molecule has 0 radical (unpaired) electrons. The maximum absolute atomic E-state index is 11.7. The largest absolute Gasteiger partial charge is 0.464 e. The molecule has 0 bridgehead atoms. The number of carbonyl (C=O) groups excluding carboxylic acids is 1. The fraction of sp³-hybridized carbons (Fsp3) is 0.643. The zero-order valence-electron chi connectivity index (χ0n) is 11.2. The van der Waals surface area contributed by atoms with Crippen molar-refractivity contribution in [2.45, 2.75) is 52.1 Å². The van der Waals surface area contributed by atoms with Crippen LogP contribution >= 0.6 is 0 Å². The Bertz CT molecular complexity index is 277. The zero-order chi connectivity index (χ0) is 13.3. The van der Waals surface area contributed by atoms with E-state index in [1.54, 1.807) is 19.1 Å². The van der Waals surface area contributed by atoms with Crippen LogP contribution in [0.3, 0.4) is 0 Å². The van der Waals surface area contributed by atoms with Crippen LogP contribution in [0, 0.1) is 0 Å². The van der Waals surface area contributed by atoms with Crippen molar-refractivity contribution in [1.82, 2.24) is 0 Å². The molecule has 0 amide bonds. The molecule has 3 nitrogen and oxygen atoms in total. The highest BCUT2D eigenvalue weighted by molar-refractivity contribution is 5.82. The van der Waals surface area contributed by atoms with Crippen LogP contribution < -0.4 is 0 Å². The highest BCUT2D eigenvalue weighted by Crippen LogP contribution is 2.24. The summed E-state index contributed by atoms with van der Waals surface area (Å²) in [6.45, 7) is 9.19. The molecule has 1 N–H and O–H groups in total. The number of unbranched alkanes of at least 4 members (excludes halogenated alkanes) is 2. The van der Waals surface area contributed by atoms with Gasteiger partial charge in [0.2, 0.25) is 0 Å². The molecule has 0 saturated carbocycles. The average Bonchev–Trinajstić information content (AvgIpc) is 2.28. The first-order chi connectivity index (χ1) is 8.00. The van der Waals surface area contributed by atoms with E-state index in [0.29, 0.717) is 12.0 Å². The third-order valence-corrected chi connectivity index (χ3v) is 2.67. The van der Waals surface area contributed by atoms with Crippen LogP contribution in [-0.4, -0.2) is 23.3 Å². The Hall–Kier alpha value is -1.09. The topological polar surface area (TPSA) is 46.5 Å². The minimum Gasteiger partial charge on any atom is -0.464 e. The summed E-state index contributed by atoms with van der Waals surface area (Å²) in [4.78, 5) is 11.7. The molecule has 3 heteroatoms. The molecule has 0 spiro atoms. The molecule has 98 valence electrons. The summed E-state index contributed by atoms with van der Waals surface area (Å²) >= 11 is 0. The SMILES string of the molecule is C=C/C=C(\CCCCC)[C@@](C)(O)C(=O)OCC. The summed E-state index contributed by atoms with van der Waals surface area (Å²) < 4.78 is 4.88. The third kappa shape index (κ3) is 5.18. The fourth-order valence-corrected chi connectivity index (χ4v) is 1.60. The van der Waals surface area contributed by atoms with Crippen LogP contribution in [0.1, 0.15) is 46.5 Å². The summed E-state index contributed by atoms with van der Waals surface area (Å²) in [6.07, 6.45) is 7.11. The maximum atomic E-state index is 11.7. The Balaban J connectivity index is 4.72. The lowest BCUT2D eigenvalue weighted by molar-refractivity contribution is -0.159. The van der Waals surface area contributed by atoms with Gasteiger partial charge in [-0.15, -0.1) is 0 Å². The Kier molecular flexibility index (Phi) is 7.55. The third-order valence-electron chi connectivity index (χ3n) is 2.67. The normalized spacial score (nSPS) is 15.2. The lowest BCUT2D eigenvalue weighted by Crippen LogP contribution is -2.39. The summed E-state index contributed by atoms with van der Waals surface area (Å²) in [5.74, 6) is -0.593. The predicted molar refractivity (Wildman–Crippen MR) is 69.7 cm³/mol. The predicted octanol–water partition coefficient (Wildman–Crippen LogP) is 2.99. The molecule has 0 saturated heterocycles. The van der Waals surface area contributed by atoms with E-state index in [2.05, 4.69) is 13.5 Å². The summed E-state index contributed by atoms with van der Waals surface area (Å²) in [5.41, 5.74) is -0.878. The van der Waals surface area contributed by atoms with Gasteiger partial charge in [-0.2, -0.15) is 0 Å². The van der Waals surface area contributed by atoms with E-state index in [9.17, 15) is 9.90 Å². The Morgan fingerprint density at radius 3 is 2.53 bits per heavy atom. The lowest BCUT2D eigenvalue weighted by Gasteiger charge is -2.24. The first kappa shape index (κ1) is 15.9. The number of aliphatic hydroxyl groups is 1. The quantitative estimate of drug-likeness (QED) is 0.403. The molecule has 0 aromatic heterocycles. The molecule has 0 aliphatic carbocycles. The van der Waals surface area contributed by atoms with Crippen LogP contribution in [0.15, 0.2) is 24.3 Å². The Morgan fingerprint density at radius 2 is 2.06 bits per heavy atom. The van der Waals surface area contributed by atoms with Gasteiger partial charge in [0, 0.05) is 0 Å². The van der Waals surface area contributed by atoms with Gasteiger partial charge in [0.25, 0.3) is 0 Å². The smallest absolute Gasteiger partial charge is 0.342 e. The molecular weight excluding hydrogens is 216 g/mol. The van der Waals surface area contributed by atoms with Crippen molar-refractivity contribution in [2.75, 3.05) is 6.61 Å². The molecule has 0 aromatic rings. The van der Waals surface area contributed by atoms with E-state index in [1.807, 2.05) is 0 Å². The van der Waals surface area contributed by atoms with E-state index in [1.165, 1.54) is 6.92 Å². The summed E-state index contributed by atoms with van der Waals surface area (Å²) in [5, 5.41) is 10.2. The molecule has 0 aliphatic heterocycles. The van der Waals surface area contributed by atoms with Crippen LogP contribution in [0.5, 0.6) is 0 Å². The summed E-state index contributed by atoms with van der Waals surface area (Å²) in [7, 11) is 0. The standard InChI is InChI=1S/C14H24O3/c1-5-8-9-11-12(10-6-2)14(4,16)13(15)17-7-3/h6,10,16H,2,5,7-9,11H2,1,3-4H3/b12-10+/t14-/m1/s1. The number of carbonyl (C=O) groups is 1. The molecule has 0 heterocycles. The first-order valence-corrected chi connectivity index (χ1v) is 6.22. The minimum absolute atomic E-state index is 0.269. The van der Waals surface area contributed by atoms with Crippen LogP contribution in [0.25, 0.3) is 0 Å². The second kappa shape index (κ2) is 8.07. The highest BCUT2D eigenvalue weighted by atomic mass is 16.5. The second-order valence-corrected chi connectivity index (χ2v) is 4.18. The number of allylic oxidation sites excluding steroid dienone is 2. The zero-order valence-corrected chi connectivity index (χ0v) is 11.2. The van der Waals surface area contributed by atoms with Gasteiger partial charge in [-0.25, -0.2) is 4.79 Å². The number of esters is 1. The van der Waals surface area contributed by atoms with E-state index in [0.717, 1.165) is 19.3 Å². The van der Waals surface area contributed by atoms with E-state index >= 15 is 0 Å². The summed E-state index contributed by atoms with van der Waals surface area (Å²) in [6, 6.07) is 0. The van der Waals surface area contributed by atoms with E-state index in [-0.39, 0.29) is 6.61 Å². The van der Waals surface area contributed by atoms with Crippen molar-refractivity contribution in [3.63, 3.8) is 0 Å². The molecule has 0 aliphatic rings. The maximum Gasteiger partial charge on any atom is 0.342 e. The van der Waals surface area contributed by atoms with Crippen molar-refractivity contribution < 1.29 is 14.6 Å². The van der Waals surface area contributed by atoms with Gasteiger partial charge < -0.3 is 9.84 Å². The number of rotatable bonds is 8. The fourth-order valence-electron chi connectivity index (χ4n) is 1.60. The number of ether oxygens (including phenoxy) is 1. The Morgan fingerprint density at radius 1 is 1.41 bits per heavy atom.